The Morgan fingerprint density at radius 2 is 2.19 bits per heavy atom. The molecule has 1 unspecified atom stereocenters. The summed E-state index contributed by atoms with van der Waals surface area (Å²) in [6.45, 7) is 8.20. The molecule has 1 aromatic carbocycles. The van der Waals surface area contributed by atoms with Crippen LogP contribution in [0.2, 0.25) is 0 Å². The van der Waals surface area contributed by atoms with Crippen molar-refractivity contribution < 1.29 is 4.74 Å². The van der Waals surface area contributed by atoms with E-state index < -0.39 is 0 Å². The number of aryl methyl sites for hydroxylation is 2. The number of ether oxygens (including phenoxy) is 1. The van der Waals surface area contributed by atoms with E-state index in [-0.39, 0.29) is 0 Å². The largest absolute Gasteiger partial charge is 0.376 e. The first kappa shape index (κ1) is 11.6. The minimum atomic E-state index is 0.714. The predicted octanol–water partition coefficient (Wildman–Crippen LogP) is 2.43. The summed E-state index contributed by atoms with van der Waals surface area (Å²) in [5.41, 5.74) is 3.99. The third kappa shape index (κ3) is 3.06. The molecule has 2 nitrogen and oxygen atoms in total. The Morgan fingerprint density at radius 3 is 2.88 bits per heavy atom. The molecule has 0 radical (unpaired) electrons. The number of benzene rings is 1. The van der Waals surface area contributed by atoms with Gasteiger partial charge in [0.25, 0.3) is 0 Å². The zero-order valence-corrected chi connectivity index (χ0v) is 10.3. The van der Waals surface area contributed by atoms with Crippen LogP contribution in [-0.2, 0) is 11.3 Å². The van der Waals surface area contributed by atoms with Crippen LogP contribution in [0.5, 0.6) is 0 Å². The molecule has 0 spiro atoms. The summed E-state index contributed by atoms with van der Waals surface area (Å²) >= 11 is 0. The highest BCUT2D eigenvalue weighted by Crippen LogP contribution is 2.12. The second-order valence-electron chi connectivity index (χ2n) is 4.79. The first-order chi connectivity index (χ1) is 7.75. The van der Waals surface area contributed by atoms with Gasteiger partial charge in [0.15, 0.2) is 0 Å². The van der Waals surface area contributed by atoms with Gasteiger partial charge in [0.05, 0.1) is 13.2 Å². The Labute approximate surface area is 98.0 Å². The first-order valence-electron chi connectivity index (χ1n) is 6.10. The lowest BCUT2D eigenvalue weighted by Crippen LogP contribution is -2.13. The van der Waals surface area contributed by atoms with Crippen molar-refractivity contribution in [3.63, 3.8) is 0 Å². The topological polar surface area (TPSA) is 21.3 Å². The van der Waals surface area contributed by atoms with Crippen molar-refractivity contribution in [3.05, 3.63) is 34.9 Å². The van der Waals surface area contributed by atoms with Crippen molar-refractivity contribution in [2.45, 2.75) is 26.9 Å². The fourth-order valence-electron chi connectivity index (χ4n) is 2.09. The lowest BCUT2D eigenvalue weighted by Gasteiger charge is -2.10. The summed E-state index contributed by atoms with van der Waals surface area (Å²) in [7, 11) is 0. The van der Waals surface area contributed by atoms with E-state index in [0.29, 0.717) is 5.92 Å². The van der Waals surface area contributed by atoms with Crippen molar-refractivity contribution in [1.29, 1.82) is 0 Å². The number of hydrogen-bond acceptors (Lipinski definition) is 2. The zero-order valence-electron chi connectivity index (χ0n) is 10.3. The molecule has 0 saturated carbocycles. The molecule has 2 heteroatoms. The second-order valence-corrected chi connectivity index (χ2v) is 4.79. The molecule has 1 fully saturated rings. The van der Waals surface area contributed by atoms with Crippen molar-refractivity contribution in [2.75, 3.05) is 19.7 Å². The standard InChI is InChI=1S/C14H21NO/c1-11-3-4-13(7-12(11)2)9-16-10-14-5-6-15-8-14/h3-4,7,14-15H,5-6,8-10H2,1-2H3. The Balaban J connectivity index is 1.78. The van der Waals surface area contributed by atoms with Gasteiger partial charge in [-0.2, -0.15) is 0 Å². The molecule has 88 valence electrons. The Hall–Kier alpha value is -0.860. The molecule has 1 aromatic rings. The van der Waals surface area contributed by atoms with Gasteiger partial charge < -0.3 is 10.1 Å². The van der Waals surface area contributed by atoms with E-state index in [9.17, 15) is 0 Å². The van der Waals surface area contributed by atoms with Gasteiger partial charge >= 0.3 is 0 Å². The molecule has 1 atom stereocenters. The van der Waals surface area contributed by atoms with Crippen LogP contribution in [0.3, 0.4) is 0 Å². The maximum absolute atomic E-state index is 5.76. The molecule has 1 heterocycles. The van der Waals surface area contributed by atoms with E-state index in [0.717, 1.165) is 26.3 Å². The molecule has 0 amide bonds. The van der Waals surface area contributed by atoms with Gasteiger partial charge in [0.1, 0.15) is 0 Å². The average molecular weight is 219 g/mol. The third-order valence-corrected chi connectivity index (χ3v) is 3.36. The predicted molar refractivity (Wildman–Crippen MR) is 66.5 cm³/mol. The van der Waals surface area contributed by atoms with E-state index in [1.54, 1.807) is 0 Å². The lowest BCUT2D eigenvalue weighted by atomic mass is 10.1. The summed E-state index contributed by atoms with van der Waals surface area (Å²) < 4.78 is 5.76. The number of rotatable bonds is 4. The normalized spacial score (nSPS) is 20.2. The van der Waals surface area contributed by atoms with E-state index in [1.165, 1.54) is 23.1 Å². The van der Waals surface area contributed by atoms with Crippen LogP contribution in [0.4, 0.5) is 0 Å². The maximum atomic E-state index is 5.76. The van der Waals surface area contributed by atoms with E-state index in [1.807, 2.05) is 0 Å². The molecule has 1 N–H and O–H groups in total. The van der Waals surface area contributed by atoms with Crippen LogP contribution in [-0.4, -0.2) is 19.7 Å². The summed E-state index contributed by atoms with van der Waals surface area (Å²) in [4.78, 5) is 0. The highest BCUT2D eigenvalue weighted by atomic mass is 16.5. The first-order valence-corrected chi connectivity index (χ1v) is 6.10. The van der Waals surface area contributed by atoms with Crippen molar-refractivity contribution in [1.82, 2.24) is 5.32 Å². The molecule has 0 bridgehead atoms. The molecule has 1 aliphatic heterocycles. The van der Waals surface area contributed by atoms with Gasteiger partial charge in [-0.3, -0.25) is 0 Å². The van der Waals surface area contributed by atoms with E-state index in [2.05, 4.69) is 37.4 Å². The van der Waals surface area contributed by atoms with Crippen molar-refractivity contribution in [2.24, 2.45) is 5.92 Å². The van der Waals surface area contributed by atoms with Crippen LogP contribution in [0.1, 0.15) is 23.1 Å². The summed E-state index contributed by atoms with van der Waals surface area (Å²) in [5, 5.41) is 3.36. The molecule has 16 heavy (non-hydrogen) atoms. The molecular formula is C14H21NO. The van der Waals surface area contributed by atoms with Crippen LogP contribution in [0.15, 0.2) is 18.2 Å². The Bertz CT molecular complexity index is 343. The molecule has 2 rings (SSSR count). The van der Waals surface area contributed by atoms with E-state index >= 15 is 0 Å². The number of nitrogens with one attached hydrogen (secondary N) is 1. The van der Waals surface area contributed by atoms with Crippen molar-refractivity contribution in [3.8, 4) is 0 Å². The summed E-state index contributed by atoms with van der Waals surface area (Å²) in [6.07, 6.45) is 1.26. The van der Waals surface area contributed by atoms with Crippen molar-refractivity contribution >= 4 is 0 Å². The van der Waals surface area contributed by atoms with Crippen LogP contribution in [0, 0.1) is 19.8 Å². The van der Waals surface area contributed by atoms with Gasteiger partial charge in [-0.1, -0.05) is 18.2 Å². The summed E-state index contributed by atoms with van der Waals surface area (Å²) in [6, 6.07) is 6.56. The van der Waals surface area contributed by atoms with Crippen LogP contribution in [0.25, 0.3) is 0 Å². The minimum Gasteiger partial charge on any atom is -0.376 e. The van der Waals surface area contributed by atoms with Crippen LogP contribution >= 0.6 is 0 Å². The van der Waals surface area contributed by atoms with Gasteiger partial charge in [0, 0.05) is 6.54 Å². The minimum absolute atomic E-state index is 0.714. The highest BCUT2D eigenvalue weighted by molar-refractivity contribution is 5.29. The maximum Gasteiger partial charge on any atom is 0.0717 e. The smallest absolute Gasteiger partial charge is 0.0717 e. The Morgan fingerprint density at radius 1 is 1.31 bits per heavy atom. The quantitative estimate of drug-likeness (QED) is 0.839. The van der Waals surface area contributed by atoms with E-state index in [4.69, 9.17) is 4.74 Å². The third-order valence-electron chi connectivity index (χ3n) is 3.36. The lowest BCUT2D eigenvalue weighted by molar-refractivity contribution is 0.0924. The zero-order chi connectivity index (χ0) is 11.4. The second kappa shape index (κ2) is 5.46. The molecule has 0 aliphatic carbocycles. The van der Waals surface area contributed by atoms with Gasteiger partial charge in [-0.15, -0.1) is 0 Å². The Kier molecular flexibility index (Phi) is 3.97. The average Bonchev–Trinajstić information content (AvgIpc) is 2.76. The fraction of sp³-hybridized carbons (Fsp3) is 0.571. The summed E-state index contributed by atoms with van der Waals surface area (Å²) in [5.74, 6) is 0.714. The highest BCUT2D eigenvalue weighted by Gasteiger charge is 2.13. The molecular weight excluding hydrogens is 198 g/mol. The molecule has 0 aromatic heterocycles. The monoisotopic (exact) mass is 219 g/mol. The number of hydrogen-bond donors (Lipinski definition) is 1. The fourth-order valence-corrected chi connectivity index (χ4v) is 2.09. The van der Waals surface area contributed by atoms with Gasteiger partial charge in [0.2, 0.25) is 0 Å². The van der Waals surface area contributed by atoms with Gasteiger partial charge in [-0.05, 0) is 49.4 Å². The molecule has 1 aliphatic rings. The van der Waals surface area contributed by atoms with Crippen LogP contribution < -0.4 is 5.32 Å². The SMILES string of the molecule is Cc1ccc(COCC2CCNC2)cc1C. The van der Waals surface area contributed by atoms with Gasteiger partial charge in [-0.25, -0.2) is 0 Å². The molecule has 1 saturated heterocycles.